The van der Waals surface area contributed by atoms with Crippen LogP contribution in [-0.2, 0) is 20.2 Å². The highest BCUT2D eigenvalue weighted by Gasteiger charge is 2.56. The monoisotopic (exact) mass is 532 g/mol. The van der Waals surface area contributed by atoms with Gasteiger partial charge in [0.25, 0.3) is 10.0 Å². The molecule has 0 bridgehead atoms. The highest BCUT2D eigenvalue weighted by molar-refractivity contribution is 7.90. The third kappa shape index (κ3) is 3.52. The van der Waals surface area contributed by atoms with Crippen molar-refractivity contribution >= 4 is 32.5 Å². The van der Waals surface area contributed by atoms with Crippen molar-refractivity contribution in [2.24, 2.45) is 0 Å². The average molecular weight is 533 g/mol. The molecule has 0 fully saturated rings. The van der Waals surface area contributed by atoms with E-state index in [1.54, 1.807) is 48.5 Å². The molecular formula is C33H28N2O3S. The number of para-hydroxylation sites is 2. The molecule has 0 saturated carbocycles. The zero-order valence-electron chi connectivity index (χ0n) is 21.8. The van der Waals surface area contributed by atoms with Gasteiger partial charge in [-0.05, 0) is 47.9 Å². The largest absolute Gasteiger partial charge is 0.314 e. The third-order valence-corrected chi connectivity index (χ3v) is 9.56. The number of allylic oxidation sites excluding steroid dienone is 1. The van der Waals surface area contributed by atoms with E-state index in [2.05, 4.69) is 6.58 Å². The Hall–Kier alpha value is -4.42. The van der Waals surface area contributed by atoms with Crippen molar-refractivity contribution in [3.05, 3.63) is 144 Å². The summed E-state index contributed by atoms with van der Waals surface area (Å²) in [6.45, 7) is 6.10. The van der Waals surface area contributed by atoms with Gasteiger partial charge < -0.3 is 4.90 Å². The highest BCUT2D eigenvalue weighted by Crippen LogP contribution is 2.55. The summed E-state index contributed by atoms with van der Waals surface area (Å²) in [7, 11) is -2.18. The van der Waals surface area contributed by atoms with Gasteiger partial charge in [-0.3, -0.25) is 4.79 Å². The molecule has 6 rings (SSSR count). The predicted octanol–water partition coefficient (Wildman–Crippen LogP) is 6.42. The minimum absolute atomic E-state index is 0.131. The molecule has 6 heteroatoms. The van der Waals surface area contributed by atoms with Crippen molar-refractivity contribution in [1.29, 1.82) is 0 Å². The first-order chi connectivity index (χ1) is 18.8. The van der Waals surface area contributed by atoms with Crippen LogP contribution in [0.2, 0.25) is 0 Å². The Balaban J connectivity index is 1.73. The second kappa shape index (κ2) is 9.10. The molecule has 0 saturated heterocycles. The molecule has 0 N–H and O–H groups in total. The SMILES string of the molecule is C=CC(c1ccccc1)C1(c2cn(S(=O)(=O)c3ccc(C)cc3)c3ccccc23)C(=O)N(C)c2ccccc21. The second-order valence-electron chi connectivity index (χ2n) is 9.99. The zero-order valence-corrected chi connectivity index (χ0v) is 22.6. The van der Waals surface area contributed by atoms with Crippen LogP contribution < -0.4 is 4.90 Å². The molecule has 2 heterocycles. The second-order valence-corrected chi connectivity index (χ2v) is 11.8. The standard InChI is InChI=1S/C33H28N2O3S/c1-4-27(24-12-6-5-7-13-24)33(28-15-9-11-17-31(28)34(3)32(33)36)29-22-35(30-16-10-8-14-26(29)30)39(37,38)25-20-18-23(2)19-21-25/h4-22,27H,1H2,2-3H3. The molecular weight excluding hydrogens is 504 g/mol. The Morgan fingerprint density at radius 3 is 2.18 bits per heavy atom. The first-order valence-corrected chi connectivity index (χ1v) is 14.2. The third-order valence-electron chi connectivity index (χ3n) is 7.87. The summed E-state index contributed by atoms with van der Waals surface area (Å²) in [6, 6.07) is 31.7. The number of fused-ring (bicyclic) bond motifs is 2. The van der Waals surface area contributed by atoms with E-state index in [1.807, 2.05) is 85.8 Å². The van der Waals surface area contributed by atoms with E-state index >= 15 is 0 Å². The van der Waals surface area contributed by atoms with Crippen molar-refractivity contribution in [3.8, 4) is 0 Å². The van der Waals surface area contributed by atoms with Crippen LogP contribution in [-0.4, -0.2) is 25.3 Å². The van der Waals surface area contributed by atoms with Crippen molar-refractivity contribution in [3.63, 3.8) is 0 Å². The number of carbonyl (C=O) groups excluding carboxylic acids is 1. The van der Waals surface area contributed by atoms with E-state index in [1.165, 1.54) is 3.97 Å². The molecule has 1 amide bonds. The Morgan fingerprint density at radius 1 is 0.821 bits per heavy atom. The molecule has 5 nitrogen and oxygen atoms in total. The molecule has 5 aromatic rings. The van der Waals surface area contributed by atoms with Crippen LogP contribution in [0.5, 0.6) is 0 Å². The molecule has 0 spiro atoms. The predicted molar refractivity (Wildman–Crippen MR) is 156 cm³/mol. The van der Waals surface area contributed by atoms with Gasteiger partial charge >= 0.3 is 0 Å². The van der Waals surface area contributed by atoms with Gasteiger partial charge in [-0.2, -0.15) is 0 Å². The van der Waals surface area contributed by atoms with E-state index in [-0.39, 0.29) is 10.8 Å². The minimum atomic E-state index is -3.96. The number of hydrogen-bond acceptors (Lipinski definition) is 3. The smallest absolute Gasteiger partial charge is 0.268 e. The number of anilines is 1. The van der Waals surface area contributed by atoms with Gasteiger partial charge in [0.05, 0.1) is 10.4 Å². The molecule has 39 heavy (non-hydrogen) atoms. The highest BCUT2D eigenvalue weighted by atomic mass is 32.2. The summed E-state index contributed by atoms with van der Waals surface area (Å²) in [5, 5.41) is 0.703. The van der Waals surface area contributed by atoms with E-state index < -0.39 is 21.4 Å². The number of likely N-dealkylation sites (N-methyl/N-ethyl adjacent to an activating group) is 1. The van der Waals surface area contributed by atoms with Crippen LogP contribution in [0.25, 0.3) is 10.9 Å². The summed E-state index contributed by atoms with van der Waals surface area (Å²) in [4.78, 5) is 16.5. The quantitative estimate of drug-likeness (QED) is 0.237. The van der Waals surface area contributed by atoms with Crippen LogP contribution in [0, 0.1) is 6.92 Å². The molecule has 2 unspecified atom stereocenters. The van der Waals surface area contributed by atoms with Gasteiger partial charge in [0, 0.05) is 30.2 Å². The molecule has 1 aromatic heterocycles. The van der Waals surface area contributed by atoms with Gasteiger partial charge in [-0.15, -0.1) is 6.58 Å². The lowest BCUT2D eigenvalue weighted by atomic mass is 9.64. The Labute approximate surface area is 228 Å². The first-order valence-electron chi connectivity index (χ1n) is 12.8. The van der Waals surface area contributed by atoms with Gasteiger partial charge in [-0.1, -0.05) is 90.5 Å². The van der Waals surface area contributed by atoms with Gasteiger partial charge in [0.2, 0.25) is 5.91 Å². The fourth-order valence-corrected chi connectivity index (χ4v) is 7.40. The maximum Gasteiger partial charge on any atom is 0.268 e. The molecule has 0 radical (unpaired) electrons. The number of hydrogen-bond donors (Lipinski definition) is 0. The first kappa shape index (κ1) is 24.9. The molecule has 1 aliphatic heterocycles. The maximum atomic E-state index is 14.6. The number of nitrogens with zero attached hydrogens (tertiary/aromatic N) is 2. The lowest BCUT2D eigenvalue weighted by Crippen LogP contribution is -2.44. The lowest BCUT2D eigenvalue weighted by molar-refractivity contribution is -0.121. The normalized spacial score (nSPS) is 17.8. The van der Waals surface area contributed by atoms with Crippen LogP contribution >= 0.6 is 0 Å². The van der Waals surface area contributed by atoms with Gasteiger partial charge in [-0.25, -0.2) is 12.4 Å². The topological polar surface area (TPSA) is 59.4 Å². The van der Waals surface area contributed by atoms with Crippen LogP contribution in [0.4, 0.5) is 5.69 Å². The maximum absolute atomic E-state index is 14.6. The zero-order chi connectivity index (χ0) is 27.4. The van der Waals surface area contributed by atoms with Crippen molar-refractivity contribution in [2.45, 2.75) is 23.2 Å². The number of aromatic nitrogens is 1. The van der Waals surface area contributed by atoms with Gasteiger partial charge in [0.15, 0.2) is 0 Å². The Morgan fingerprint density at radius 2 is 1.46 bits per heavy atom. The van der Waals surface area contributed by atoms with E-state index in [0.29, 0.717) is 16.5 Å². The minimum Gasteiger partial charge on any atom is -0.314 e. The Kier molecular flexibility index (Phi) is 5.81. The molecule has 0 aliphatic carbocycles. The average Bonchev–Trinajstić information content (AvgIpc) is 3.45. The summed E-state index contributed by atoms with van der Waals surface area (Å²) in [5.41, 5.74) is 3.42. The fraction of sp³-hybridized carbons (Fsp3) is 0.121. The number of aryl methyl sites for hydroxylation is 1. The Bertz CT molecular complexity index is 1840. The van der Waals surface area contributed by atoms with Crippen LogP contribution in [0.1, 0.15) is 28.2 Å². The number of carbonyl (C=O) groups is 1. The van der Waals surface area contributed by atoms with E-state index in [9.17, 15) is 13.2 Å². The summed E-state index contributed by atoms with van der Waals surface area (Å²) in [5.74, 6) is -0.591. The van der Waals surface area contributed by atoms with E-state index in [0.717, 1.165) is 22.4 Å². The lowest BCUT2D eigenvalue weighted by Gasteiger charge is -2.35. The van der Waals surface area contributed by atoms with Crippen molar-refractivity contribution < 1.29 is 13.2 Å². The van der Waals surface area contributed by atoms with Crippen LogP contribution in [0.15, 0.2) is 127 Å². The summed E-state index contributed by atoms with van der Waals surface area (Å²) in [6.07, 6.45) is 3.46. The molecule has 4 aromatic carbocycles. The summed E-state index contributed by atoms with van der Waals surface area (Å²) < 4.78 is 29.4. The molecule has 2 atom stereocenters. The van der Waals surface area contributed by atoms with Crippen LogP contribution in [0.3, 0.4) is 0 Å². The summed E-state index contributed by atoms with van der Waals surface area (Å²) >= 11 is 0. The number of rotatable bonds is 6. The fourth-order valence-electron chi connectivity index (χ4n) is 6.03. The van der Waals surface area contributed by atoms with E-state index in [4.69, 9.17) is 0 Å². The van der Waals surface area contributed by atoms with Gasteiger partial charge in [0.1, 0.15) is 5.41 Å². The molecule has 1 aliphatic rings. The van der Waals surface area contributed by atoms with Crippen molar-refractivity contribution in [2.75, 3.05) is 11.9 Å². The number of benzene rings is 4. The molecule has 194 valence electrons. The number of amides is 1. The van der Waals surface area contributed by atoms with Crippen molar-refractivity contribution in [1.82, 2.24) is 3.97 Å².